The van der Waals surface area contributed by atoms with Crippen LogP contribution in [0.25, 0.3) is 33.4 Å². The number of nitrogens with zero attached hydrogens (tertiary/aromatic N) is 1. The summed E-state index contributed by atoms with van der Waals surface area (Å²) in [5, 5.41) is 23.0. The van der Waals surface area contributed by atoms with Crippen LogP contribution in [0.5, 0.6) is 5.75 Å². The Balaban J connectivity index is 2.34. The number of phenolic OH excluding ortho intramolecular Hbond substituents is 1. The molecule has 0 saturated heterocycles. The van der Waals surface area contributed by atoms with Gasteiger partial charge in [-0.05, 0) is 112 Å². The number of rotatable bonds is 3. The lowest BCUT2D eigenvalue weighted by Gasteiger charge is -2.19. The number of aromatic hydroxyl groups is 1. The van der Waals surface area contributed by atoms with Gasteiger partial charge in [0.05, 0.1) is 25.4 Å². The zero-order valence-electron chi connectivity index (χ0n) is 15.4. The van der Waals surface area contributed by atoms with Crippen molar-refractivity contribution in [2.45, 2.75) is 0 Å². The van der Waals surface area contributed by atoms with Gasteiger partial charge < -0.3 is 14.6 Å². The summed E-state index contributed by atoms with van der Waals surface area (Å²) in [7, 11) is 0. The summed E-state index contributed by atoms with van der Waals surface area (Å²) in [5.74, 6) is -1.08. The van der Waals surface area contributed by atoms with Crippen LogP contribution in [0, 0.1) is 0 Å². The van der Waals surface area contributed by atoms with Gasteiger partial charge in [0.25, 0.3) is 0 Å². The normalized spacial score (nSPS) is 11.0. The third-order valence-electron chi connectivity index (χ3n) is 4.70. The molecule has 0 unspecified atom stereocenters. The van der Waals surface area contributed by atoms with E-state index in [1.807, 2.05) is 0 Å². The molecular weight excluding hydrogens is 698 g/mol. The molecule has 0 bridgehead atoms. The van der Waals surface area contributed by atoms with Crippen LogP contribution in [0.4, 0.5) is 5.69 Å². The summed E-state index contributed by atoms with van der Waals surface area (Å²) in [6.45, 7) is 0. The monoisotopic (exact) mass is 701 g/mol. The van der Waals surface area contributed by atoms with Gasteiger partial charge in [0.2, 0.25) is 5.43 Å². The third-order valence-corrected chi connectivity index (χ3v) is 7.44. The molecule has 1 aliphatic carbocycles. The van der Waals surface area contributed by atoms with Gasteiger partial charge in [0.1, 0.15) is 14.7 Å². The van der Waals surface area contributed by atoms with Crippen molar-refractivity contribution in [2.24, 2.45) is 4.99 Å². The first-order valence-electron chi connectivity index (χ1n) is 8.56. The van der Waals surface area contributed by atoms with Crippen LogP contribution >= 0.6 is 75.9 Å². The van der Waals surface area contributed by atoms with Gasteiger partial charge in [-0.15, -0.1) is 0 Å². The SMILES string of the molecule is O=C(O)c1ccc(N=C=S)cc1-c1c2cc(Br)c(=O)c(Br)c-2oc2c(Br)c(O)c(Br)cc12. The number of aromatic carboxylic acids is 1. The van der Waals surface area contributed by atoms with Crippen molar-refractivity contribution in [2.75, 3.05) is 0 Å². The number of phenols is 1. The average molecular weight is 705 g/mol. The Bertz CT molecular complexity index is 1540. The molecule has 11 heteroatoms. The minimum atomic E-state index is -1.16. The number of carboxylic acids is 1. The van der Waals surface area contributed by atoms with Gasteiger partial charge in [-0.25, -0.2) is 4.79 Å². The number of hydrogen-bond acceptors (Lipinski definition) is 6. The number of fused-ring (bicyclic) bond motifs is 2. The maximum Gasteiger partial charge on any atom is 0.336 e. The van der Waals surface area contributed by atoms with Crippen molar-refractivity contribution in [3.8, 4) is 28.2 Å². The Kier molecular flexibility index (Phi) is 6.41. The van der Waals surface area contributed by atoms with Crippen LogP contribution in [0.3, 0.4) is 0 Å². The highest BCUT2D eigenvalue weighted by atomic mass is 79.9. The van der Waals surface area contributed by atoms with Crippen molar-refractivity contribution in [1.29, 1.82) is 0 Å². The number of carbonyl (C=O) groups is 1. The minimum absolute atomic E-state index is 0.000818. The average Bonchev–Trinajstić information content (AvgIpc) is 2.75. The minimum Gasteiger partial charge on any atom is -0.505 e. The fraction of sp³-hybridized carbons (Fsp3) is 0. The van der Waals surface area contributed by atoms with Crippen LogP contribution in [-0.4, -0.2) is 21.3 Å². The molecule has 2 aromatic rings. The Morgan fingerprint density at radius 2 is 1.75 bits per heavy atom. The van der Waals surface area contributed by atoms with Crippen LogP contribution in [0.2, 0.25) is 0 Å². The van der Waals surface area contributed by atoms with Crippen LogP contribution in [-0.2, 0) is 0 Å². The van der Waals surface area contributed by atoms with Crippen molar-refractivity contribution in [1.82, 2.24) is 0 Å². The highest BCUT2D eigenvalue weighted by Crippen LogP contribution is 2.49. The molecule has 2 N–H and O–H groups in total. The van der Waals surface area contributed by atoms with E-state index in [1.54, 1.807) is 18.2 Å². The van der Waals surface area contributed by atoms with Crippen molar-refractivity contribution in [3.63, 3.8) is 0 Å². The van der Waals surface area contributed by atoms with Gasteiger partial charge >= 0.3 is 5.97 Å². The summed E-state index contributed by atoms with van der Waals surface area (Å²) in [6.07, 6.45) is 0. The maximum atomic E-state index is 12.5. The lowest BCUT2D eigenvalue weighted by molar-refractivity contribution is 0.0698. The second-order valence-corrected chi connectivity index (χ2v) is 9.97. The van der Waals surface area contributed by atoms with E-state index >= 15 is 0 Å². The molecule has 160 valence electrons. The lowest BCUT2D eigenvalue weighted by Crippen LogP contribution is -2.07. The summed E-state index contributed by atoms with van der Waals surface area (Å²) >= 11 is 17.9. The molecule has 0 aromatic heterocycles. The lowest BCUT2D eigenvalue weighted by atomic mass is 9.90. The summed E-state index contributed by atoms with van der Waals surface area (Å²) in [4.78, 5) is 28.6. The van der Waals surface area contributed by atoms with Gasteiger partial charge in [0.15, 0.2) is 11.3 Å². The van der Waals surface area contributed by atoms with Gasteiger partial charge in [-0.2, -0.15) is 4.99 Å². The number of benzene rings is 3. The molecule has 0 amide bonds. The Morgan fingerprint density at radius 1 is 1.03 bits per heavy atom. The standard InChI is InChI=1S/C21H7Br4NO5S/c22-12-4-10-14(9-3-7(26-6-32)1-2-8(9)21(29)30)11-5-13(23)18(28)16(25)20(11)31-19(10)15(24)17(12)27/h1-5,27H,(H,29,30). The quantitative estimate of drug-likeness (QED) is 0.129. The second kappa shape index (κ2) is 8.81. The smallest absolute Gasteiger partial charge is 0.336 e. The third kappa shape index (κ3) is 3.76. The maximum absolute atomic E-state index is 12.5. The van der Waals surface area contributed by atoms with E-state index in [2.05, 4.69) is 73.9 Å². The highest BCUT2D eigenvalue weighted by Gasteiger charge is 2.27. The van der Waals surface area contributed by atoms with Crippen LogP contribution < -0.4 is 5.43 Å². The number of carboxylic acid groups (broad SMARTS) is 1. The first-order valence-corrected chi connectivity index (χ1v) is 12.1. The molecule has 4 rings (SSSR count). The second-order valence-electron chi connectivity index (χ2n) is 6.49. The number of isothiocyanates is 1. The van der Waals surface area contributed by atoms with Gasteiger partial charge in [-0.3, -0.25) is 4.79 Å². The Labute approximate surface area is 218 Å². The van der Waals surface area contributed by atoms with E-state index in [1.165, 1.54) is 12.1 Å². The molecule has 0 radical (unpaired) electrons. The molecule has 0 spiro atoms. The molecule has 0 atom stereocenters. The summed E-state index contributed by atoms with van der Waals surface area (Å²) in [5.41, 5.74) is 1.52. The van der Waals surface area contributed by atoms with E-state index in [4.69, 9.17) is 16.6 Å². The van der Waals surface area contributed by atoms with Gasteiger partial charge in [-0.1, -0.05) is 0 Å². The van der Waals surface area contributed by atoms with E-state index in [-0.39, 0.29) is 41.5 Å². The van der Waals surface area contributed by atoms with Crippen LogP contribution in [0.1, 0.15) is 10.4 Å². The zero-order valence-corrected chi connectivity index (χ0v) is 22.5. The Morgan fingerprint density at radius 3 is 2.41 bits per heavy atom. The van der Waals surface area contributed by atoms with Crippen molar-refractivity contribution in [3.05, 3.63) is 64.0 Å². The van der Waals surface area contributed by atoms with Gasteiger partial charge in [0, 0.05) is 16.5 Å². The predicted molar refractivity (Wildman–Crippen MR) is 139 cm³/mol. The first kappa shape index (κ1) is 23.3. The summed E-state index contributed by atoms with van der Waals surface area (Å²) in [6, 6.07) is 7.68. The van der Waals surface area contributed by atoms with E-state index in [0.29, 0.717) is 32.2 Å². The largest absolute Gasteiger partial charge is 0.505 e. The fourth-order valence-corrected chi connectivity index (χ4v) is 5.84. The zero-order chi connectivity index (χ0) is 23.3. The molecule has 1 heterocycles. The molecule has 6 nitrogen and oxygen atoms in total. The van der Waals surface area contributed by atoms with E-state index in [9.17, 15) is 19.8 Å². The summed E-state index contributed by atoms with van der Waals surface area (Å²) < 4.78 is 7.02. The Hall–Kier alpha value is -1.88. The molecular formula is C21H7Br4NO5S. The topological polar surface area (TPSA) is 100 Å². The molecule has 2 aliphatic rings. The number of thiocarbonyl (C=S) groups is 1. The molecule has 2 aromatic carbocycles. The molecule has 0 fully saturated rings. The molecule has 1 aliphatic heterocycles. The number of hydrogen-bond donors (Lipinski definition) is 2. The van der Waals surface area contributed by atoms with Crippen molar-refractivity contribution >= 4 is 104 Å². The first-order chi connectivity index (χ1) is 15.1. The van der Waals surface area contributed by atoms with E-state index in [0.717, 1.165) is 0 Å². The molecule has 0 saturated carbocycles. The molecule has 32 heavy (non-hydrogen) atoms. The highest BCUT2D eigenvalue weighted by molar-refractivity contribution is 9.11. The van der Waals surface area contributed by atoms with Crippen LogP contribution in [0.15, 0.2) is 62.4 Å². The predicted octanol–water partition coefficient (Wildman–Crippen LogP) is 7.75. The number of halogens is 4. The van der Waals surface area contributed by atoms with E-state index < -0.39 is 5.97 Å². The van der Waals surface area contributed by atoms with Crippen molar-refractivity contribution < 1.29 is 19.4 Å². The number of aliphatic imine (C=N–C) groups is 1. The fourth-order valence-electron chi connectivity index (χ4n) is 3.33.